The number of rotatable bonds is 4. The molecule has 0 aromatic rings. The molecule has 1 aliphatic rings. The van der Waals surface area contributed by atoms with Crippen LogP contribution in [0, 0.1) is 5.41 Å². The van der Waals surface area contributed by atoms with Crippen LogP contribution in [0.5, 0.6) is 0 Å². The predicted molar refractivity (Wildman–Crippen MR) is 60.4 cm³/mol. The summed E-state index contributed by atoms with van der Waals surface area (Å²) in [6, 6.07) is 0. The fourth-order valence-electron chi connectivity index (χ4n) is 1.61. The molecular weight excluding hydrogens is 228 g/mol. The van der Waals surface area contributed by atoms with Crippen molar-refractivity contribution in [1.29, 1.82) is 0 Å². The maximum Gasteiger partial charge on any atom is 0.0575 e. The standard InChI is InChI=1S/C11H21BrO/c1-11(2,8-12)9-13-10-6-4-3-5-7-10/h10H,3-9H2,1-2H3. The molecule has 2 heteroatoms. The van der Waals surface area contributed by atoms with Crippen LogP contribution in [0.3, 0.4) is 0 Å². The molecule has 1 fully saturated rings. The number of hydrogen-bond donors (Lipinski definition) is 0. The number of hydrogen-bond acceptors (Lipinski definition) is 1. The van der Waals surface area contributed by atoms with Gasteiger partial charge >= 0.3 is 0 Å². The molecule has 0 N–H and O–H groups in total. The zero-order valence-corrected chi connectivity index (χ0v) is 10.4. The number of halogens is 1. The van der Waals surface area contributed by atoms with E-state index < -0.39 is 0 Å². The Hall–Kier alpha value is 0.440. The second kappa shape index (κ2) is 5.35. The van der Waals surface area contributed by atoms with Gasteiger partial charge in [-0.15, -0.1) is 0 Å². The quantitative estimate of drug-likeness (QED) is 0.689. The van der Waals surface area contributed by atoms with Gasteiger partial charge in [-0.25, -0.2) is 0 Å². The van der Waals surface area contributed by atoms with Crippen molar-refractivity contribution in [2.45, 2.75) is 52.1 Å². The van der Waals surface area contributed by atoms with Gasteiger partial charge in [0.1, 0.15) is 0 Å². The molecule has 1 nitrogen and oxygen atoms in total. The van der Waals surface area contributed by atoms with Crippen molar-refractivity contribution in [1.82, 2.24) is 0 Å². The fraction of sp³-hybridized carbons (Fsp3) is 1.00. The van der Waals surface area contributed by atoms with Crippen LogP contribution >= 0.6 is 15.9 Å². The van der Waals surface area contributed by atoms with Gasteiger partial charge in [0.25, 0.3) is 0 Å². The van der Waals surface area contributed by atoms with Crippen LogP contribution in [0.1, 0.15) is 46.0 Å². The van der Waals surface area contributed by atoms with Gasteiger partial charge in [0.2, 0.25) is 0 Å². The lowest BCUT2D eigenvalue weighted by Gasteiger charge is -2.27. The highest BCUT2D eigenvalue weighted by Crippen LogP contribution is 2.24. The third-order valence-electron chi connectivity index (χ3n) is 2.62. The summed E-state index contributed by atoms with van der Waals surface area (Å²) in [5, 5.41) is 1.02. The third kappa shape index (κ3) is 4.46. The van der Waals surface area contributed by atoms with E-state index in [4.69, 9.17) is 4.74 Å². The van der Waals surface area contributed by atoms with Gasteiger partial charge in [0.15, 0.2) is 0 Å². The summed E-state index contributed by atoms with van der Waals surface area (Å²) < 4.78 is 5.91. The first-order valence-electron chi connectivity index (χ1n) is 5.32. The first kappa shape index (κ1) is 11.5. The monoisotopic (exact) mass is 248 g/mol. The van der Waals surface area contributed by atoms with Crippen molar-refractivity contribution < 1.29 is 4.74 Å². The van der Waals surface area contributed by atoms with Crippen molar-refractivity contribution in [3.8, 4) is 0 Å². The van der Waals surface area contributed by atoms with E-state index in [0.29, 0.717) is 6.10 Å². The molecule has 0 amide bonds. The molecule has 0 aromatic carbocycles. The molecule has 1 rings (SSSR count). The minimum absolute atomic E-state index is 0.289. The summed E-state index contributed by atoms with van der Waals surface area (Å²) in [5.41, 5.74) is 0.289. The normalized spacial score (nSPS) is 20.5. The van der Waals surface area contributed by atoms with Gasteiger partial charge in [-0.1, -0.05) is 49.0 Å². The Morgan fingerprint density at radius 1 is 1.23 bits per heavy atom. The molecule has 0 radical (unpaired) electrons. The highest BCUT2D eigenvalue weighted by Gasteiger charge is 2.20. The van der Waals surface area contributed by atoms with E-state index in [1.54, 1.807) is 0 Å². The van der Waals surface area contributed by atoms with E-state index in [0.717, 1.165) is 11.9 Å². The molecule has 0 bridgehead atoms. The van der Waals surface area contributed by atoms with Crippen molar-refractivity contribution in [2.24, 2.45) is 5.41 Å². The van der Waals surface area contributed by atoms with Gasteiger partial charge in [0.05, 0.1) is 12.7 Å². The maximum absolute atomic E-state index is 5.91. The van der Waals surface area contributed by atoms with Crippen LogP contribution in [-0.2, 0) is 4.74 Å². The molecule has 0 unspecified atom stereocenters. The van der Waals surface area contributed by atoms with Gasteiger partial charge < -0.3 is 4.74 Å². The van der Waals surface area contributed by atoms with Gasteiger partial charge in [-0.3, -0.25) is 0 Å². The molecule has 0 saturated heterocycles. The van der Waals surface area contributed by atoms with Crippen LogP contribution in [0.4, 0.5) is 0 Å². The lowest BCUT2D eigenvalue weighted by atomic mass is 9.96. The Labute approximate surface area is 90.4 Å². The summed E-state index contributed by atoms with van der Waals surface area (Å²) in [6.45, 7) is 5.37. The van der Waals surface area contributed by atoms with Crippen LogP contribution in [0.25, 0.3) is 0 Å². The zero-order valence-electron chi connectivity index (χ0n) is 8.81. The third-order valence-corrected chi connectivity index (χ3v) is 4.14. The summed E-state index contributed by atoms with van der Waals surface area (Å²) in [6.07, 6.45) is 7.23. The lowest BCUT2D eigenvalue weighted by molar-refractivity contribution is -0.00796. The Morgan fingerprint density at radius 2 is 1.85 bits per heavy atom. The SMILES string of the molecule is CC(C)(CBr)COC1CCCCC1. The molecule has 1 saturated carbocycles. The molecule has 0 atom stereocenters. The highest BCUT2D eigenvalue weighted by atomic mass is 79.9. The Bertz CT molecular complexity index is 139. The fourth-order valence-corrected chi connectivity index (χ4v) is 1.78. The van der Waals surface area contributed by atoms with Gasteiger partial charge in [-0.05, 0) is 18.3 Å². The molecule has 0 aromatic heterocycles. The van der Waals surface area contributed by atoms with E-state index in [1.807, 2.05) is 0 Å². The van der Waals surface area contributed by atoms with Crippen LogP contribution in [0.15, 0.2) is 0 Å². The van der Waals surface area contributed by atoms with Crippen molar-refractivity contribution in [3.05, 3.63) is 0 Å². The molecule has 0 aliphatic heterocycles. The van der Waals surface area contributed by atoms with Crippen molar-refractivity contribution in [2.75, 3.05) is 11.9 Å². The van der Waals surface area contributed by atoms with Crippen molar-refractivity contribution >= 4 is 15.9 Å². The predicted octanol–water partition coefficient (Wildman–Crippen LogP) is 3.76. The van der Waals surface area contributed by atoms with Gasteiger partial charge in [-0.2, -0.15) is 0 Å². The summed E-state index contributed by atoms with van der Waals surface area (Å²) in [5.74, 6) is 0. The summed E-state index contributed by atoms with van der Waals surface area (Å²) in [4.78, 5) is 0. The molecule has 78 valence electrons. The maximum atomic E-state index is 5.91. The number of alkyl halides is 1. The van der Waals surface area contributed by atoms with E-state index in [-0.39, 0.29) is 5.41 Å². The average molecular weight is 249 g/mol. The summed E-state index contributed by atoms with van der Waals surface area (Å²) in [7, 11) is 0. The summed E-state index contributed by atoms with van der Waals surface area (Å²) >= 11 is 3.52. The van der Waals surface area contributed by atoms with E-state index in [9.17, 15) is 0 Å². The first-order valence-corrected chi connectivity index (χ1v) is 6.44. The highest BCUT2D eigenvalue weighted by molar-refractivity contribution is 9.09. The smallest absolute Gasteiger partial charge is 0.0575 e. The largest absolute Gasteiger partial charge is 0.378 e. The van der Waals surface area contributed by atoms with Gasteiger partial charge in [0, 0.05) is 5.33 Å². The molecule has 0 heterocycles. The number of ether oxygens (including phenoxy) is 1. The van der Waals surface area contributed by atoms with E-state index >= 15 is 0 Å². The minimum Gasteiger partial charge on any atom is -0.378 e. The second-order valence-electron chi connectivity index (χ2n) is 4.87. The Kier molecular flexibility index (Phi) is 4.74. The first-order chi connectivity index (χ1) is 6.14. The van der Waals surface area contributed by atoms with Crippen LogP contribution < -0.4 is 0 Å². The zero-order chi connectivity index (χ0) is 9.73. The van der Waals surface area contributed by atoms with Crippen molar-refractivity contribution in [3.63, 3.8) is 0 Å². The lowest BCUT2D eigenvalue weighted by Crippen LogP contribution is -2.26. The Balaban J connectivity index is 2.17. The topological polar surface area (TPSA) is 9.23 Å². The Morgan fingerprint density at radius 3 is 2.38 bits per heavy atom. The molecule has 0 spiro atoms. The molecule has 1 aliphatic carbocycles. The van der Waals surface area contributed by atoms with Crippen LogP contribution in [-0.4, -0.2) is 18.0 Å². The minimum atomic E-state index is 0.289. The second-order valence-corrected chi connectivity index (χ2v) is 5.43. The van der Waals surface area contributed by atoms with E-state index in [1.165, 1.54) is 32.1 Å². The molecular formula is C11H21BrO. The van der Waals surface area contributed by atoms with Crippen LogP contribution in [0.2, 0.25) is 0 Å². The average Bonchev–Trinajstić information content (AvgIpc) is 2.17. The van der Waals surface area contributed by atoms with E-state index in [2.05, 4.69) is 29.8 Å². The molecule has 13 heavy (non-hydrogen) atoms.